The second kappa shape index (κ2) is 18.3. The van der Waals surface area contributed by atoms with Crippen LogP contribution in [0.4, 0.5) is 0 Å². The van der Waals surface area contributed by atoms with Gasteiger partial charge in [-0.15, -0.1) is 0 Å². The first kappa shape index (κ1) is 26.7. The van der Waals surface area contributed by atoms with Crippen molar-refractivity contribution < 1.29 is 69.5 Å². The van der Waals surface area contributed by atoms with Crippen molar-refractivity contribution in [3.8, 4) is 0 Å². The molecule has 0 aliphatic carbocycles. The Bertz CT molecular complexity index is 333. The summed E-state index contributed by atoms with van der Waals surface area (Å²) in [5.74, 6) is -0.359. The van der Waals surface area contributed by atoms with E-state index in [1.165, 1.54) is 57.8 Å². The maximum Gasteiger partial charge on any atom is 1.00 e. The minimum Gasteiger partial charge on any atom is -0.748 e. The Hall–Kier alpha value is 1.51. The monoisotopic (exact) mass is 374 g/mol. The predicted octanol–water partition coefficient (Wildman–Crippen LogP) is 1.38. The van der Waals surface area contributed by atoms with Crippen LogP contribution in [-0.2, 0) is 10.1 Å². The fraction of sp³-hybridized carbons (Fsp3) is 1.00. The zero-order chi connectivity index (χ0) is 16.7. The van der Waals surface area contributed by atoms with Gasteiger partial charge in [-0.1, -0.05) is 77.6 Å². The smallest absolute Gasteiger partial charge is 0.748 e. The summed E-state index contributed by atoms with van der Waals surface area (Å²) in [7, 11) is -4.13. The average Bonchev–Trinajstić information content (AvgIpc) is 2.43. The SMILES string of the molecule is CCCCCCCCCCCCCC(O)CCCS(=O)(=O)[O-].[K+]. The molecule has 0 amide bonds. The van der Waals surface area contributed by atoms with Gasteiger partial charge in [-0.25, -0.2) is 8.42 Å². The van der Waals surface area contributed by atoms with Gasteiger partial charge in [-0.2, -0.15) is 0 Å². The number of unbranched alkanes of at least 4 members (excludes halogenated alkanes) is 10. The molecule has 0 aromatic rings. The van der Waals surface area contributed by atoms with Crippen molar-refractivity contribution in [3.63, 3.8) is 0 Å². The second-order valence-corrected chi connectivity index (χ2v) is 7.91. The van der Waals surface area contributed by atoms with Crippen molar-refractivity contribution in [3.05, 3.63) is 0 Å². The number of rotatable bonds is 16. The molecule has 134 valence electrons. The maximum absolute atomic E-state index is 10.4. The second-order valence-electron chi connectivity index (χ2n) is 6.38. The van der Waals surface area contributed by atoms with Gasteiger partial charge in [0.25, 0.3) is 0 Å². The molecule has 1 N–H and O–H groups in total. The molecule has 0 bridgehead atoms. The summed E-state index contributed by atoms with van der Waals surface area (Å²) >= 11 is 0. The molecule has 0 spiro atoms. The third-order valence-electron chi connectivity index (χ3n) is 4.07. The molecule has 4 nitrogen and oxygen atoms in total. The van der Waals surface area contributed by atoms with Crippen LogP contribution < -0.4 is 51.4 Å². The van der Waals surface area contributed by atoms with E-state index in [1.54, 1.807) is 0 Å². The summed E-state index contributed by atoms with van der Waals surface area (Å²) < 4.78 is 31.3. The Labute approximate surface area is 186 Å². The van der Waals surface area contributed by atoms with Crippen LogP contribution >= 0.6 is 0 Å². The van der Waals surface area contributed by atoms with E-state index in [0.29, 0.717) is 6.42 Å². The van der Waals surface area contributed by atoms with E-state index >= 15 is 0 Å². The molecule has 0 saturated heterocycles. The van der Waals surface area contributed by atoms with Crippen LogP contribution in [0.2, 0.25) is 0 Å². The first-order valence-corrected chi connectivity index (χ1v) is 10.6. The van der Waals surface area contributed by atoms with E-state index in [-0.39, 0.29) is 63.6 Å². The van der Waals surface area contributed by atoms with Crippen LogP contribution in [0.1, 0.15) is 96.8 Å². The van der Waals surface area contributed by atoms with Crippen molar-refractivity contribution in [2.24, 2.45) is 0 Å². The Balaban J connectivity index is 0. The molecule has 23 heavy (non-hydrogen) atoms. The van der Waals surface area contributed by atoms with Crippen LogP contribution in [0.25, 0.3) is 0 Å². The fourth-order valence-corrected chi connectivity index (χ4v) is 3.20. The van der Waals surface area contributed by atoms with Crippen molar-refractivity contribution >= 4 is 10.1 Å². The summed E-state index contributed by atoms with van der Waals surface area (Å²) in [6.45, 7) is 2.24. The largest absolute Gasteiger partial charge is 1.00 e. The van der Waals surface area contributed by atoms with E-state index in [2.05, 4.69) is 6.92 Å². The van der Waals surface area contributed by atoms with Gasteiger partial charge in [-0.3, -0.25) is 0 Å². The van der Waals surface area contributed by atoms with Crippen molar-refractivity contribution in [1.82, 2.24) is 0 Å². The molecule has 0 aromatic heterocycles. The molecule has 0 aromatic carbocycles. The van der Waals surface area contributed by atoms with Crippen LogP contribution in [-0.4, -0.2) is 29.9 Å². The Morgan fingerprint density at radius 1 is 0.783 bits per heavy atom. The van der Waals surface area contributed by atoms with Crippen LogP contribution in [0.3, 0.4) is 0 Å². The fourth-order valence-electron chi connectivity index (χ4n) is 2.68. The van der Waals surface area contributed by atoms with Crippen LogP contribution in [0, 0.1) is 0 Å². The topological polar surface area (TPSA) is 77.4 Å². The third kappa shape index (κ3) is 23.5. The molecule has 1 unspecified atom stereocenters. The van der Waals surface area contributed by atoms with Gasteiger partial charge in [-0.05, 0) is 19.3 Å². The number of aliphatic hydroxyl groups excluding tert-OH is 1. The van der Waals surface area contributed by atoms with E-state index in [0.717, 1.165) is 19.3 Å². The molecule has 0 fully saturated rings. The zero-order valence-corrected chi connectivity index (χ0v) is 19.2. The average molecular weight is 375 g/mol. The van der Waals surface area contributed by atoms with Gasteiger partial charge >= 0.3 is 51.4 Å². The molecular weight excluding hydrogens is 339 g/mol. The minimum absolute atomic E-state index is 0. The zero-order valence-electron chi connectivity index (χ0n) is 15.3. The maximum atomic E-state index is 10.4. The standard InChI is InChI=1S/C17H36O4S.K/c1-2-3-4-5-6-7-8-9-10-11-12-14-17(18)15-13-16-22(19,20)21;/h17-18H,2-16H2,1H3,(H,19,20,21);/q;+1/p-1. The van der Waals surface area contributed by atoms with Gasteiger partial charge in [0.05, 0.1) is 16.2 Å². The van der Waals surface area contributed by atoms with Gasteiger partial charge in [0.15, 0.2) is 0 Å². The third-order valence-corrected chi connectivity index (χ3v) is 4.86. The van der Waals surface area contributed by atoms with Crippen LogP contribution in [0.15, 0.2) is 0 Å². The summed E-state index contributed by atoms with van der Waals surface area (Å²) in [6, 6.07) is 0. The summed E-state index contributed by atoms with van der Waals surface area (Å²) in [4.78, 5) is 0. The Morgan fingerprint density at radius 2 is 1.17 bits per heavy atom. The molecular formula is C17H35KO4S. The predicted molar refractivity (Wildman–Crippen MR) is 90.9 cm³/mol. The number of aliphatic hydroxyl groups is 1. The Kier molecular flexibility index (Phi) is 21.3. The normalized spacial score (nSPS) is 12.8. The van der Waals surface area contributed by atoms with Crippen molar-refractivity contribution in [2.75, 3.05) is 5.75 Å². The number of hydrogen-bond acceptors (Lipinski definition) is 4. The molecule has 0 radical (unpaired) electrons. The van der Waals surface area contributed by atoms with E-state index < -0.39 is 16.2 Å². The van der Waals surface area contributed by atoms with E-state index in [9.17, 15) is 18.1 Å². The van der Waals surface area contributed by atoms with Gasteiger partial charge < -0.3 is 9.66 Å². The van der Waals surface area contributed by atoms with Gasteiger partial charge in [0.1, 0.15) is 0 Å². The molecule has 6 heteroatoms. The van der Waals surface area contributed by atoms with E-state index in [4.69, 9.17) is 0 Å². The molecule has 1 atom stereocenters. The van der Waals surface area contributed by atoms with Gasteiger partial charge in [0, 0.05) is 5.75 Å². The molecule has 0 heterocycles. The quantitative estimate of drug-likeness (QED) is 0.251. The van der Waals surface area contributed by atoms with Gasteiger partial charge in [0.2, 0.25) is 0 Å². The summed E-state index contributed by atoms with van der Waals surface area (Å²) in [5, 5.41) is 9.69. The molecule has 0 saturated carbocycles. The Morgan fingerprint density at radius 3 is 1.61 bits per heavy atom. The van der Waals surface area contributed by atoms with Crippen molar-refractivity contribution in [2.45, 2.75) is 103 Å². The number of hydrogen-bond donors (Lipinski definition) is 1. The van der Waals surface area contributed by atoms with Crippen molar-refractivity contribution in [1.29, 1.82) is 0 Å². The minimum atomic E-state index is -4.13. The molecule has 0 aliphatic rings. The first-order chi connectivity index (χ1) is 10.5. The molecule has 0 rings (SSSR count). The summed E-state index contributed by atoms with van der Waals surface area (Å²) in [6.07, 6.45) is 15.0. The van der Waals surface area contributed by atoms with Crippen LogP contribution in [0.5, 0.6) is 0 Å². The van der Waals surface area contributed by atoms with E-state index in [1.807, 2.05) is 0 Å². The molecule has 0 aliphatic heterocycles. The first-order valence-electron chi connectivity index (χ1n) is 9.07. The summed E-state index contributed by atoms with van der Waals surface area (Å²) in [5.41, 5.74) is 0.